The highest BCUT2D eigenvalue weighted by Gasteiger charge is 2.22. The predicted octanol–water partition coefficient (Wildman–Crippen LogP) is 5.99. The van der Waals surface area contributed by atoms with Crippen LogP contribution in [-0.4, -0.2) is 11.8 Å². The Hall–Kier alpha value is -3.20. The minimum Gasteiger partial charge on any atom is -0.422 e. The molecule has 3 aromatic carbocycles. The second-order valence-electron chi connectivity index (χ2n) is 7.76. The quantitative estimate of drug-likeness (QED) is 0.314. The van der Waals surface area contributed by atoms with E-state index in [1.54, 1.807) is 24.3 Å². The summed E-state index contributed by atoms with van der Waals surface area (Å²) in [6.45, 7) is 11.7. The second-order valence-corrected chi connectivity index (χ2v) is 7.76. The maximum atomic E-state index is 13.3. The summed E-state index contributed by atoms with van der Waals surface area (Å²) in [5.41, 5.74) is 7.35. The molecule has 0 fully saturated rings. The van der Waals surface area contributed by atoms with Crippen LogP contribution in [0.5, 0.6) is 5.75 Å². The van der Waals surface area contributed by atoms with Crippen molar-refractivity contribution >= 4 is 11.8 Å². The van der Waals surface area contributed by atoms with E-state index < -0.39 is 5.97 Å². The lowest BCUT2D eigenvalue weighted by Gasteiger charge is -2.15. The monoisotopic (exact) mass is 386 g/mol. The molecule has 0 aliphatic heterocycles. The Balaban J connectivity index is 2.01. The number of ketones is 1. The molecule has 29 heavy (non-hydrogen) atoms. The van der Waals surface area contributed by atoms with Gasteiger partial charge in [-0.15, -0.1) is 0 Å². The van der Waals surface area contributed by atoms with Crippen molar-refractivity contribution in [2.75, 3.05) is 0 Å². The molecule has 0 saturated carbocycles. The lowest BCUT2D eigenvalue weighted by atomic mass is 9.93. The number of aryl methyl sites for hydroxylation is 6. The first-order valence-corrected chi connectivity index (χ1v) is 9.70. The summed E-state index contributed by atoms with van der Waals surface area (Å²) in [5.74, 6) is -0.306. The van der Waals surface area contributed by atoms with Crippen LogP contribution in [0.2, 0.25) is 0 Å². The minimum atomic E-state index is -0.447. The highest BCUT2D eigenvalue weighted by molar-refractivity contribution is 6.13. The number of rotatable bonds is 4. The van der Waals surface area contributed by atoms with Gasteiger partial charge in [0.25, 0.3) is 0 Å². The number of benzene rings is 3. The van der Waals surface area contributed by atoms with Gasteiger partial charge in [-0.2, -0.15) is 0 Å². The van der Waals surface area contributed by atoms with Crippen LogP contribution in [0.4, 0.5) is 0 Å². The van der Waals surface area contributed by atoms with Gasteiger partial charge in [-0.05, 0) is 75.9 Å². The Morgan fingerprint density at radius 2 is 1.10 bits per heavy atom. The van der Waals surface area contributed by atoms with Gasteiger partial charge in [-0.25, -0.2) is 4.79 Å². The van der Waals surface area contributed by atoms with Gasteiger partial charge >= 0.3 is 5.97 Å². The van der Waals surface area contributed by atoms with Crippen molar-refractivity contribution in [1.82, 2.24) is 0 Å². The minimum absolute atomic E-state index is 0.138. The third kappa shape index (κ3) is 4.14. The average molecular weight is 386 g/mol. The summed E-state index contributed by atoms with van der Waals surface area (Å²) in [7, 11) is 0. The van der Waals surface area contributed by atoms with E-state index in [2.05, 4.69) is 0 Å². The Labute approximate surface area is 172 Å². The number of esters is 1. The summed E-state index contributed by atoms with van der Waals surface area (Å²) >= 11 is 0. The summed E-state index contributed by atoms with van der Waals surface area (Å²) in [5, 5.41) is 0. The first-order valence-electron chi connectivity index (χ1n) is 9.70. The van der Waals surface area contributed by atoms with Gasteiger partial charge in [0.1, 0.15) is 5.75 Å². The van der Waals surface area contributed by atoms with Crippen LogP contribution in [0.25, 0.3) is 0 Å². The molecular weight excluding hydrogens is 360 g/mol. The molecule has 0 N–H and O–H groups in total. The van der Waals surface area contributed by atoms with Crippen LogP contribution in [0, 0.1) is 41.5 Å². The first-order chi connectivity index (χ1) is 13.7. The number of hydrogen-bond acceptors (Lipinski definition) is 3. The highest BCUT2D eigenvalue weighted by atomic mass is 16.5. The van der Waals surface area contributed by atoms with Crippen molar-refractivity contribution in [3.8, 4) is 5.75 Å². The van der Waals surface area contributed by atoms with Crippen molar-refractivity contribution in [1.29, 1.82) is 0 Å². The maximum Gasteiger partial charge on any atom is 0.344 e. The molecule has 0 spiro atoms. The van der Waals surface area contributed by atoms with Gasteiger partial charge < -0.3 is 4.74 Å². The maximum absolute atomic E-state index is 13.3. The molecule has 3 rings (SSSR count). The Morgan fingerprint density at radius 1 is 0.655 bits per heavy atom. The van der Waals surface area contributed by atoms with E-state index >= 15 is 0 Å². The van der Waals surface area contributed by atoms with Crippen molar-refractivity contribution < 1.29 is 14.3 Å². The van der Waals surface area contributed by atoms with Crippen LogP contribution in [0.15, 0.2) is 48.5 Å². The molecule has 0 aromatic heterocycles. The topological polar surface area (TPSA) is 43.4 Å². The zero-order valence-corrected chi connectivity index (χ0v) is 17.8. The molecule has 3 aromatic rings. The normalized spacial score (nSPS) is 10.7. The number of hydrogen-bond donors (Lipinski definition) is 0. The smallest absolute Gasteiger partial charge is 0.344 e. The van der Waals surface area contributed by atoms with E-state index in [0.717, 1.165) is 33.4 Å². The van der Waals surface area contributed by atoms with E-state index in [9.17, 15) is 9.59 Å². The van der Waals surface area contributed by atoms with E-state index in [-0.39, 0.29) is 11.5 Å². The van der Waals surface area contributed by atoms with E-state index in [0.29, 0.717) is 16.7 Å². The van der Waals surface area contributed by atoms with Gasteiger partial charge in [0.05, 0.1) is 11.1 Å². The molecule has 148 valence electrons. The third-order valence-corrected chi connectivity index (χ3v) is 5.12. The average Bonchev–Trinajstić information content (AvgIpc) is 2.60. The fourth-order valence-corrected chi connectivity index (χ4v) is 4.07. The van der Waals surface area contributed by atoms with Crippen LogP contribution >= 0.6 is 0 Å². The summed E-state index contributed by atoms with van der Waals surface area (Å²) in [6.07, 6.45) is 0. The van der Waals surface area contributed by atoms with Crippen LogP contribution in [0.3, 0.4) is 0 Å². The number of para-hydroxylation sites is 1. The van der Waals surface area contributed by atoms with E-state index in [4.69, 9.17) is 4.74 Å². The van der Waals surface area contributed by atoms with Gasteiger partial charge in [0.15, 0.2) is 5.78 Å². The van der Waals surface area contributed by atoms with Gasteiger partial charge in [0.2, 0.25) is 0 Å². The molecule has 3 nitrogen and oxygen atoms in total. The third-order valence-electron chi connectivity index (χ3n) is 5.12. The van der Waals surface area contributed by atoms with Crippen LogP contribution in [-0.2, 0) is 0 Å². The fraction of sp³-hybridized carbons (Fsp3) is 0.231. The zero-order chi connectivity index (χ0) is 21.3. The molecule has 0 atom stereocenters. The number of carbonyl (C=O) groups is 2. The largest absolute Gasteiger partial charge is 0.422 e. The molecule has 0 heterocycles. The van der Waals surface area contributed by atoms with Crippen LogP contribution in [0.1, 0.15) is 59.7 Å². The van der Waals surface area contributed by atoms with Gasteiger partial charge in [-0.3, -0.25) is 4.79 Å². The molecule has 0 saturated heterocycles. The van der Waals surface area contributed by atoms with Crippen LogP contribution < -0.4 is 4.74 Å². The van der Waals surface area contributed by atoms with Crippen molar-refractivity contribution in [2.24, 2.45) is 0 Å². The van der Waals surface area contributed by atoms with E-state index in [1.165, 1.54) is 0 Å². The zero-order valence-electron chi connectivity index (χ0n) is 17.8. The van der Waals surface area contributed by atoms with Gasteiger partial charge in [-0.1, -0.05) is 47.5 Å². The van der Waals surface area contributed by atoms with Crippen molar-refractivity contribution in [3.05, 3.63) is 98.6 Å². The van der Waals surface area contributed by atoms with E-state index in [1.807, 2.05) is 65.8 Å². The molecule has 0 bridgehead atoms. The van der Waals surface area contributed by atoms with Gasteiger partial charge in [0, 0.05) is 5.56 Å². The lowest BCUT2D eigenvalue weighted by Crippen LogP contribution is -2.15. The van der Waals surface area contributed by atoms with Crippen molar-refractivity contribution in [2.45, 2.75) is 41.5 Å². The molecule has 0 amide bonds. The SMILES string of the molecule is Cc1cc(C)c(C(=O)Oc2ccccc2C(=O)c2c(C)cc(C)cc2C)c(C)c1. The number of ether oxygens (including phenoxy) is 1. The standard InChI is InChI=1S/C26H26O3/c1-15-11-17(3)23(18(4)12-15)25(27)21-9-7-8-10-22(21)29-26(28)24-19(5)13-16(2)14-20(24)6/h7-14H,1-6H3. The Morgan fingerprint density at radius 3 is 1.62 bits per heavy atom. The first kappa shape index (κ1) is 20.5. The second kappa shape index (κ2) is 8.04. The Kier molecular flexibility index (Phi) is 5.69. The molecule has 3 heteroatoms. The molecule has 0 radical (unpaired) electrons. The molecule has 0 unspecified atom stereocenters. The number of carbonyl (C=O) groups excluding carboxylic acids is 2. The molecular formula is C26H26O3. The summed E-state index contributed by atoms with van der Waals surface area (Å²) in [6, 6.07) is 14.8. The lowest BCUT2D eigenvalue weighted by molar-refractivity contribution is 0.0731. The predicted molar refractivity (Wildman–Crippen MR) is 116 cm³/mol. The molecule has 0 aliphatic carbocycles. The summed E-state index contributed by atoms with van der Waals surface area (Å²) in [4.78, 5) is 26.2. The summed E-state index contributed by atoms with van der Waals surface area (Å²) < 4.78 is 5.72. The van der Waals surface area contributed by atoms with Crippen molar-refractivity contribution in [3.63, 3.8) is 0 Å². The fourth-order valence-electron chi connectivity index (χ4n) is 4.07. The Bertz CT molecular complexity index is 1080. The molecule has 0 aliphatic rings. The highest BCUT2D eigenvalue weighted by Crippen LogP contribution is 2.27.